The van der Waals surface area contributed by atoms with E-state index in [0.29, 0.717) is 38.0 Å². The molecule has 1 saturated heterocycles. The molecule has 0 unspecified atom stereocenters. The first-order valence-corrected chi connectivity index (χ1v) is 13.6. The highest BCUT2D eigenvalue weighted by molar-refractivity contribution is 7.89. The van der Waals surface area contributed by atoms with Gasteiger partial charge in [0.05, 0.1) is 15.9 Å². The van der Waals surface area contributed by atoms with E-state index in [-0.39, 0.29) is 10.8 Å². The quantitative estimate of drug-likeness (QED) is 0.501. The molecule has 3 aromatic rings. The number of carbonyl (C=O) groups excluding carboxylic acids is 1. The number of hydrogen-bond donors (Lipinski definition) is 0. The Morgan fingerprint density at radius 3 is 2.43 bits per heavy atom. The van der Waals surface area contributed by atoms with Crippen molar-refractivity contribution in [2.24, 2.45) is 0 Å². The number of sulfonamides is 1. The van der Waals surface area contributed by atoms with Crippen LogP contribution in [0.1, 0.15) is 30.3 Å². The van der Waals surface area contributed by atoms with Crippen LogP contribution in [0.2, 0.25) is 0 Å². The second kappa shape index (κ2) is 9.99. The van der Waals surface area contributed by atoms with Crippen molar-refractivity contribution in [3.05, 3.63) is 53.3 Å². The standard InChI is InChI=1S/C26H35N5O3S/c1-6-31-24-11-10-21(35(33,34)28(4)5)18-22(24)27-25(31)12-13-26(32)30-16-14-29(15-17-30)23-9-7-8-19(2)20(23)3/h7-11,18H,6,12-17H2,1-5H3. The highest BCUT2D eigenvalue weighted by Gasteiger charge is 2.23. The molecule has 188 valence electrons. The van der Waals surface area contributed by atoms with Crippen LogP contribution in [-0.4, -0.2) is 73.4 Å². The zero-order valence-corrected chi connectivity index (χ0v) is 22.1. The number of nitrogens with zero attached hydrogens (tertiary/aromatic N) is 5. The summed E-state index contributed by atoms with van der Waals surface area (Å²) in [5, 5.41) is 0. The number of fused-ring (bicyclic) bond motifs is 1. The van der Waals surface area contributed by atoms with Crippen molar-refractivity contribution in [1.29, 1.82) is 0 Å². The Kier molecular flexibility index (Phi) is 7.19. The highest BCUT2D eigenvalue weighted by atomic mass is 32.2. The SMILES string of the molecule is CCn1c(CCC(=O)N2CCN(c3cccc(C)c3C)CC2)nc2cc(S(=O)(=O)N(C)C)ccc21. The molecule has 0 N–H and O–H groups in total. The molecule has 2 heterocycles. The first-order chi connectivity index (χ1) is 16.6. The van der Waals surface area contributed by atoms with E-state index in [1.807, 2.05) is 11.8 Å². The maximum Gasteiger partial charge on any atom is 0.242 e. The van der Waals surface area contributed by atoms with Crippen molar-refractivity contribution < 1.29 is 13.2 Å². The molecule has 1 fully saturated rings. The van der Waals surface area contributed by atoms with Crippen LogP contribution in [0, 0.1) is 13.8 Å². The minimum absolute atomic E-state index is 0.135. The first-order valence-electron chi connectivity index (χ1n) is 12.1. The van der Waals surface area contributed by atoms with Crippen molar-refractivity contribution >= 4 is 32.7 Å². The summed E-state index contributed by atoms with van der Waals surface area (Å²) in [6.45, 7) is 10.1. The zero-order valence-electron chi connectivity index (χ0n) is 21.3. The molecule has 1 aromatic heterocycles. The van der Waals surface area contributed by atoms with Gasteiger partial charge in [-0.3, -0.25) is 4.79 Å². The summed E-state index contributed by atoms with van der Waals surface area (Å²) in [4.78, 5) is 22.2. The molecule has 4 rings (SSSR count). The first kappa shape index (κ1) is 25.2. The van der Waals surface area contributed by atoms with Crippen LogP contribution in [0.3, 0.4) is 0 Å². The molecular formula is C26H35N5O3S. The predicted octanol–water partition coefficient (Wildman–Crippen LogP) is 3.20. The Bertz CT molecular complexity index is 1340. The number of imidazole rings is 1. The van der Waals surface area contributed by atoms with Crippen LogP contribution in [0.25, 0.3) is 11.0 Å². The number of amides is 1. The molecule has 1 aliphatic heterocycles. The second-order valence-electron chi connectivity index (χ2n) is 9.30. The lowest BCUT2D eigenvalue weighted by atomic mass is 10.1. The summed E-state index contributed by atoms with van der Waals surface area (Å²) in [5.74, 6) is 0.945. The summed E-state index contributed by atoms with van der Waals surface area (Å²) in [5.41, 5.74) is 5.36. The van der Waals surface area contributed by atoms with E-state index in [1.165, 1.54) is 35.2 Å². The molecule has 0 spiro atoms. The maximum atomic E-state index is 13.0. The van der Waals surface area contributed by atoms with Crippen molar-refractivity contribution in [2.75, 3.05) is 45.2 Å². The molecule has 0 bridgehead atoms. The molecule has 9 heteroatoms. The topological polar surface area (TPSA) is 78.8 Å². The van der Waals surface area contributed by atoms with E-state index in [9.17, 15) is 13.2 Å². The molecule has 35 heavy (non-hydrogen) atoms. The third kappa shape index (κ3) is 4.92. The Morgan fingerprint density at radius 1 is 1.06 bits per heavy atom. The molecule has 1 amide bonds. The summed E-state index contributed by atoms with van der Waals surface area (Å²) in [6, 6.07) is 11.4. The normalized spacial score (nSPS) is 14.8. The van der Waals surface area contributed by atoms with Crippen LogP contribution in [0.15, 0.2) is 41.3 Å². The van der Waals surface area contributed by atoms with Gasteiger partial charge >= 0.3 is 0 Å². The molecular weight excluding hydrogens is 462 g/mol. The molecule has 0 radical (unpaired) electrons. The number of aromatic nitrogens is 2. The summed E-state index contributed by atoms with van der Waals surface area (Å²) < 4.78 is 28.3. The summed E-state index contributed by atoms with van der Waals surface area (Å²) in [7, 11) is -0.496. The largest absolute Gasteiger partial charge is 0.368 e. The van der Waals surface area contributed by atoms with E-state index in [4.69, 9.17) is 4.98 Å². The maximum absolute atomic E-state index is 13.0. The van der Waals surface area contributed by atoms with Crippen LogP contribution in [0.4, 0.5) is 5.69 Å². The minimum Gasteiger partial charge on any atom is -0.368 e. The lowest BCUT2D eigenvalue weighted by Gasteiger charge is -2.37. The Morgan fingerprint density at radius 2 is 1.77 bits per heavy atom. The van der Waals surface area contributed by atoms with Gasteiger partial charge in [0.1, 0.15) is 5.82 Å². The molecule has 0 aliphatic carbocycles. The Hall–Kier alpha value is -2.91. The van der Waals surface area contributed by atoms with Gasteiger partial charge in [0.15, 0.2) is 0 Å². The summed E-state index contributed by atoms with van der Waals surface area (Å²) in [6.07, 6.45) is 0.907. The van der Waals surface area contributed by atoms with Gasteiger partial charge in [0, 0.05) is 65.3 Å². The van der Waals surface area contributed by atoms with Gasteiger partial charge < -0.3 is 14.4 Å². The summed E-state index contributed by atoms with van der Waals surface area (Å²) >= 11 is 0. The average Bonchev–Trinajstić information content (AvgIpc) is 3.21. The minimum atomic E-state index is -3.53. The Labute approximate surface area is 208 Å². The van der Waals surface area contributed by atoms with Crippen LogP contribution >= 0.6 is 0 Å². The van der Waals surface area contributed by atoms with Crippen molar-refractivity contribution in [3.63, 3.8) is 0 Å². The molecule has 1 aliphatic rings. The molecule has 0 saturated carbocycles. The molecule has 2 aromatic carbocycles. The lowest BCUT2D eigenvalue weighted by molar-refractivity contribution is -0.131. The lowest BCUT2D eigenvalue weighted by Crippen LogP contribution is -2.49. The van der Waals surface area contributed by atoms with Gasteiger partial charge in [-0.2, -0.15) is 0 Å². The fourth-order valence-corrected chi connectivity index (χ4v) is 5.65. The molecule has 8 nitrogen and oxygen atoms in total. The fourth-order valence-electron chi connectivity index (χ4n) is 4.73. The number of hydrogen-bond acceptors (Lipinski definition) is 5. The number of rotatable bonds is 7. The Balaban J connectivity index is 1.43. The van der Waals surface area contributed by atoms with Crippen molar-refractivity contribution in [2.45, 2.75) is 45.1 Å². The number of carbonyl (C=O) groups is 1. The predicted molar refractivity (Wildman–Crippen MR) is 139 cm³/mol. The number of piperazine rings is 1. The van der Waals surface area contributed by atoms with Crippen LogP contribution in [0.5, 0.6) is 0 Å². The highest BCUT2D eigenvalue weighted by Crippen LogP contribution is 2.25. The fraction of sp³-hybridized carbons (Fsp3) is 0.462. The van der Waals surface area contributed by atoms with Crippen molar-refractivity contribution in [3.8, 4) is 0 Å². The average molecular weight is 498 g/mol. The van der Waals surface area contributed by atoms with Gasteiger partial charge in [-0.05, 0) is 56.2 Å². The van der Waals surface area contributed by atoms with Gasteiger partial charge in [-0.1, -0.05) is 12.1 Å². The smallest absolute Gasteiger partial charge is 0.242 e. The third-order valence-electron chi connectivity index (χ3n) is 7.01. The number of benzene rings is 2. The van der Waals surface area contributed by atoms with E-state index in [2.05, 4.69) is 41.5 Å². The number of anilines is 1. The second-order valence-corrected chi connectivity index (χ2v) is 11.4. The van der Waals surface area contributed by atoms with E-state index < -0.39 is 10.0 Å². The van der Waals surface area contributed by atoms with E-state index in [0.717, 1.165) is 24.4 Å². The van der Waals surface area contributed by atoms with Gasteiger partial charge in [0.25, 0.3) is 0 Å². The molecule has 0 atom stereocenters. The van der Waals surface area contributed by atoms with Crippen LogP contribution in [-0.2, 0) is 27.8 Å². The van der Waals surface area contributed by atoms with Gasteiger partial charge in [-0.15, -0.1) is 0 Å². The van der Waals surface area contributed by atoms with E-state index in [1.54, 1.807) is 18.2 Å². The zero-order chi connectivity index (χ0) is 25.3. The van der Waals surface area contributed by atoms with Crippen LogP contribution < -0.4 is 4.90 Å². The van der Waals surface area contributed by atoms with Crippen molar-refractivity contribution in [1.82, 2.24) is 18.8 Å². The third-order valence-corrected chi connectivity index (χ3v) is 8.82. The van der Waals surface area contributed by atoms with Gasteiger partial charge in [0.2, 0.25) is 15.9 Å². The number of aryl methyl sites for hydroxylation is 3. The van der Waals surface area contributed by atoms with E-state index >= 15 is 0 Å². The van der Waals surface area contributed by atoms with Gasteiger partial charge in [-0.25, -0.2) is 17.7 Å². The monoisotopic (exact) mass is 497 g/mol.